The third-order valence-electron chi connectivity index (χ3n) is 9.54. The number of nitrogens with two attached hydrogens (primary N) is 1. The van der Waals surface area contributed by atoms with Crippen LogP contribution >= 0.6 is 11.6 Å². The highest BCUT2D eigenvalue weighted by Crippen LogP contribution is 2.31. The molecule has 0 saturated heterocycles. The number of carbonyl (C=O) groups excluding carboxylic acids is 1. The summed E-state index contributed by atoms with van der Waals surface area (Å²) in [6.45, 7) is 4.99. The highest BCUT2D eigenvalue weighted by Gasteiger charge is 2.32. The molecule has 10 heteroatoms. The van der Waals surface area contributed by atoms with E-state index in [1.54, 1.807) is 13.3 Å². The van der Waals surface area contributed by atoms with Gasteiger partial charge in [-0.15, -0.1) is 0 Å². The molecule has 0 radical (unpaired) electrons. The number of aromatic nitrogens is 4. The molecule has 0 amide bonds. The number of halogens is 1. The normalized spacial score (nSPS) is 16.2. The van der Waals surface area contributed by atoms with Crippen molar-refractivity contribution in [1.82, 2.24) is 24.8 Å². The number of anilines is 1. The summed E-state index contributed by atoms with van der Waals surface area (Å²) in [7, 11) is 1.66. The van der Waals surface area contributed by atoms with Gasteiger partial charge in [0.25, 0.3) is 0 Å². The van der Waals surface area contributed by atoms with Crippen LogP contribution in [0.25, 0.3) is 11.0 Å². The molecule has 9 nitrogen and oxygen atoms in total. The predicted molar refractivity (Wildman–Crippen MR) is 184 cm³/mol. The molecular weight excluding hydrogens is 612 g/mol. The standard InChI is InChI=1S/C37H43ClN6O3/c1-23-19-40-30(24(2)33(23)46-3)22-44-21-28(31-34(38)42-37(39)43-35(31)44)18-17-25-13-15-26(16-14-25)20-41-32(27-9-5-4-6-10-27)36(45)47-29-11-7-8-12-29/h13-16,19,21,27,29,32,41H,4-12,20,22H2,1-3H3,(H2,39,42,43)/t32-/m0/s1. The van der Waals surface area contributed by atoms with Crippen LogP contribution in [0.3, 0.4) is 0 Å². The number of nitrogens with one attached hydrogen (secondary N) is 1. The number of esters is 1. The number of hydrogen-bond donors (Lipinski definition) is 2. The van der Waals surface area contributed by atoms with Gasteiger partial charge in [-0.1, -0.05) is 54.8 Å². The number of ether oxygens (including phenoxy) is 2. The number of benzene rings is 1. The largest absolute Gasteiger partial charge is 0.496 e. The fourth-order valence-corrected chi connectivity index (χ4v) is 7.27. The van der Waals surface area contributed by atoms with Crippen LogP contribution in [0.4, 0.5) is 5.95 Å². The number of aryl methyl sites for hydroxylation is 1. The highest BCUT2D eigenvalue weighted by molar-refractivity contribution is 6.34. The molecule has 3 N–H and O–H groups in total. The number of carbonyl (C=O) groups is 1. The van der Waals surface area contributed by atoms with E-state index in [-0.39, 0.29) is 29.2 Å². The topological polar surface area (TPSA) is 117 Å². The van der Waals surface area contributed by atoms with Crippen molar-refractivity contribution < 1.29 is 14.3 Å². The van der Waals surface area contributed by atoms with Gasteiger partial charge in [0.05, 0.1) is 30.3 Å². The van der Waals surface area contributed by atoms with Crippen molar-refractivity contribution in [2.24, 2.45) is 5.92 Å². The first-order valence-electron chi connectivity index (χ1n) is 16.7. The second-order valence-electron chi connectivity index (χ2n) is 12.8. The van der Waals surface area contributed by atoms with E-state index in [9.17, 15) is 4.79 Å². The minimum absolute atomic E-state index is 0.0768. The Bertz CT molecular complexity index is 1800. The van der Waals surface area contributed by atoms with Crippen LogP contribution in [-0.4, -0.2) is 44.7 Å². The Morgan fingerprint density at radius 2 is 1.79 bits per heavy atom. The number of hydrogen-bond acceptors (Lipinski definition) is 8. The Kier molecular flexibility index (Phi) is 10.3. The average Bonchev–Trinajstić information content (AvgIpc) is 3.70. The summed E-state index contributed by atoms with van der Waals surface area (Å²) >= 11 is 6.58. The van der Waals surface area contributed by atoms with Gasteiger partial charge in [0, 0.05) is 35.6 Å². The lowest BCUT2D eigenvalue weighted by molar-refractivity contribution is -0.153. The van der Waals surface area contributed by atoms with Crippen LogP contribution < -0.4 is 15.8 Å². The van der Waals surface area contributed by atoms with Crippen molar-refractivity contribution in [3.05, 3.63) is 75.3 Å². The molecule has 1 atom stereocenters. The first-order valence-corrected chi connectivity index (χ1v) is 17.0. The molecule has 0 spiro atoms. The lowest BCUT2D eigenvalue weighted by Crippen LogP contribution is -2.45. The van der Waals surface area contributed by atoms with Crippen LogP contribution in [0.2, 0.25) is 5.15 Å². The molecule has 6 rings (SSSR count). The van der Waals surface area contributed by atoms with E-state index in [4.69, 9.17) is 26.8 Å². The minimum atomic E-state index is -0.270. The smallest absolute Gasteiger partial charge is 0.323 e. The van der Waals surface area contributed by atoms with Crippen molar-refractivity contribution >= 4 is 34.6 Å². The molecule has 0 unspecified atom stereocenters. The fourth-order valence-electron chi connectivity index (χ4n) is 6.99. The summed E-state index contributed by atoms with van der Waals surface area (Å²) in [6.07, 6.45) is 13.8. The Hall–Kier alpha value is -4.13. The van der Waals surface area contributed by atoms with Crippen LogP contribution in [0.5, 0.6) is 5.75 Å². The summed E-state index contributed by atoms with van der Waals surface area (Å²) in [6, 6.07) is 7.83. The lowest BCUT2D eigenvalue weighted by atomic mass is 9.83. The maximum Gasteiger partial charge on any atom is 0.323 e. The first-order chi connectivity index (χ1) is 22.8. The van der Waals surface area contributed by atoms with Gasteiger partial charge in [-0.3, -0.25) is 9.78 Å². The van der Waals surface area contributed by atoms with Gasteiger partial charge in [-0.05, 0) is 76.0 Å². The third kappa shape index (κ3) is 7.55. The number of rotatable bonds is 9. The van der Waals surface area contributed by atoms with Crippen LogP contribution in [-0.2, 0) is 22.6 Å². The number of fused-ring (bicyclic) bond motifs is 1. The van der Waals surface area contributed by atoms with E-state index in [1.807, 2.05) is 36.7 Å². The average molecular weight is 655 g/mol. The van der Waals surface area contributed by atoms with E-state index in [0.717, 1.165) is 72.2 Å². The van der Waals surface area contributed by atoms with Crippen molar-refractivity contribution in [2.45, 2.75) is 96.9 Å². The Morgan fingerprint density at radius 1 is 1.06 bits per heavy atom. The fraction of sp³-hybridized carbons (Fsp3) is 0.459. The molecular formula is C37H43ClN6O3. The van der Waals surface area contributed by atoms with Gasteiger partial charge in [0.2, 0.25) is 5.95 Å². The summed E-state index contributed by atoms with van der Waals surface area (Å²) in [4.78, 5) is 26.6. The van der Waals surface area contributed by atoms with Gasteiger partial charge in [0.1, 0.15) is 28.7 Å². The van der Waals surface area contributed by atoms with Crippen molar-refractivity contribution in [3.8, 4) is 17.6 Å². The molecule has 3 aromatic heterocycles. The zero-order valence-corrected chi connectivity index (χ0v) is 28.2. The monoisotopic (exact) mass is 654 g/mol. The van der Waals surface area contributed by atoms with E-state index < -0.39 is 0 Å². The number of pyridine rings is 1. The second kappa shape index (κ2) is 14.7. The molecule has 47 heavy (non-hydrogen) atoms. The Morgan fingerprint density at radius 3 is 2.51 bits per heavy atom. The quantitative estimate of drug-likeness (QED) is 0.117. The highest BCUT2D eigenvalue weighted by atomic mass is 35.5. The predicted octanol–water partition coefficient (Wildman–Crippen LogP) is 6.66. The van der Waals surface area contributed by atoms with Crippen LogP contribution in [0.1, 0.15) is 91.3 Å². The summed E-state index contributed by atoms with van der Waals surface area (Å²) in [5, 5.41) is 4.45. The summed E-state index contributed by atoms with van der Waals surface area (Å²) < 4.78 is 13.5. The Labute approximate surface area is 281 Å². The van der Waals surface area contributed by atoms with Crippen molar-refractivity contribution in [3.63, 3.8) is 0 Å². The van der Waals surface area contributed by atoms with E-state index in [1.165, 1.54) is 19.3 Å². The zero-order chi connectivity index (χ0) is 32.9. The molecule has 2 aliphatic carbocycles. The van der Waals surface area contributed by atoms with E-state index in [2.05, 4.69) is 44.2 Å². The second-order valence-corrected chi connectivity index (χ2v) is 13.2. The van der Waals surface area contributed by atoms with Gasteiger partial charge in [0.15, 0.2) is 0 Å². The van der Waals surface area contributed by atoms with E-state index >= 15 is 0 Å². The number of methoxy groups -OCH3 is 1. The number of nitrogen functional groups attached to an aromatic ring is 1. The third-order valence-corrected chi connectivity index (χ3v) is 9.81. The molecule has 4 aromatic rings. The molecule has 2 aliphatic rings. The van der Waals surface area contributed by atoms with Crippen molar-refractivity contribution in [1.29, 1.82) is 0 Å². The lowest BCUT2D eigenvalue weighted by Gasteiger charge is -2.30. The maximum absolute atomic E-state index is 13.3. The van der Waals surface area contributed by atoms with Crippen LogP contribution in [0, 0.1) is 31.6 Å². The molecule has 1 aromatic carbocycles. The van der Waals surface area contributed by atoms with Gasteiger partial charge in [-0.2, -0.15) is 4.98 Å². The molecule has 3 heterocycles. The van der Waals surface area contributed by atoms with Gasteiger partial charge < -0.3 is 25.1 Å². The molecule has 246 valence electrons. The molecule has 2 fully saturated rings. The SMILES string of the molecule is COc1c(C)cnc(Cn2cc(C#Cc3ccc(CN[C@H](C(=O)OC4CCCC4)C4CCCCC4)cc3)c3c(Cl)nc(N)nc32)c1C. The Balaban J connectivity index is 1.19. The summed E-state index contributed by atoms with van der Waals surface area (Å²) in [5.41, 5.74) is 12.0. The molecule has 0 aliphatic heterocycles. The maximum atomic E-state index is 13.3. The van der Waals surface area contributed by atoms with Gasteiger partial charge in [-0.25, -0.2) is 4.98 Å². The van der Waals surface area contributed by atoms with Gasteiger partial charge >= 0.3 is 5.97 Å². The van der Waals surface area contributed by atoms with Crippen LogP contribution in [0.15, 0.2) is 36.7 Å². The number of nitrogens with zero attached hydrogens (tertiary/aromatic N) is 4. The minimum Gasteiger partial charge on any atom is -0.496 e. The molecule has 0 bridgehead atoms. The van der Waals surface area contributed by atoms with E-state index in [0.29, 0.717) is 35.6 Å². The zero-order valence-electron chi connectivity index (χ0n) is 27.4. The first kappa shape index (κ1) is 32.8. The summed E-state index contributed by atoms with van der Waals surface area (Å²) in [5.74, 6) is 7.70. The van der Waals surface area contributed by atoms with Crippen molar-refractivity contribution in [2.75, 3.05) is 12.8 Å². The molecule has 2 saturated carbocycles.